The monoisotopic (exact) mass is 396 g/mol. The fourth-order valence-electron chi connectivity index (χ4n) is 3.35. The summed E-state index contributed by atoms with van der Waals surface area (Å²) in [6.45, 7) is 2.01. The van der Waals surface area contributed by atoms with E-state index in [0.717, 1.165) is 12.8 Å². The maximum atomic E-state index is 12.8. The van der Waals surface area contributed by atoms with Crippen LogP contribution in [0.1, 0.15) is 58.3 Å². The van der Waals surface area contributed by atoms with E-state index >= 15 is 0 Å². The van der Waals surface area contributed by atoms with Crippen molar-refractivity contribution in [1.82, 2.24) is 0 Å². The highest BCUT2D eigenvalue weighted by Gasteiger charge is 2.41. The number of carbonyl (C=O) groups is 3. The zero-order valence-corrected chi connectivity index (χ0v) is 17.3. The molecule has 0 aromatic heterocycles. The molecule has 0 bridgehead atoms. The van der Waals surface area contributed by atoms with E-state index in [4.69, 9.17) is 9.47 Å². The lowest BCUT2D eigenvalue weighted by atomic mass is 9.80. The van der Waals surface area contributed by atoms with E-state index < -0.39 is 17.5 Å². The predicted molar refractivity (Wildman–Crippen MR) is 104 cm³/mol. The van der Waals surface area contributed by atoms with Crippen LogP contribution in [0.5, 0.6) is 0 Å². The Morgan fingerprint density at radius 3 is 2.36 bits per heavy atom. The Kier molecular flexibility index (Phi) is 9.93. The number of Topliss-reactive ketones (excluding diaryl/α,β-unsaturated/α-hetero) is 1. The number of ether oxygens (including phenoxy) is 3. The van der Waals surface area contributed by atoms with Gasteiger partial charge in [0.1, 0.15) is 5.76 Å². The first-order valence-electron chi connectivity index (χ1n) is 9.69. The van der Waals surface area contributed by atoms with Gasteiger partial charge in [-0.3, -0.25) is 14.4 Å². The fourth-order valence-corrected chi connectivity index (χ4v) is 3.35. The van der Waals surface area contributed by atoms with Gasteiger partial charge in [-0.15, -0.1) is 0 Å². The van der Waals surface area contributed by atoms with Crippen LogP contribution in [0.4, 0.5) is 0 Å². The molecule has 1 N–H and O–H groups in total. The first kappa shape index (κ1) is 23.9. The molecule has 0 radical (unpaired) electrons. The number of esters is 1. The van der Waals surface area contributed by atoms with Gasteiger partial charge in [0.15, 0.2) is 11.4 Å². The van der Waals surface area contributed by atoms with E-state index in [1.54, 1.807) is 12.2 Å². The number of rotatable bonds is 13. The molecule has 28 heavy (non-hydrogen) atoms. The number of hydrogen-bond acceptors (Lipinski definition) is 6. The standard InChI is InChI=1S/C21H32O7/c1-5-6-9-16(20(24)25)15-12-13-21(28-4,14-17(15)26-2)18(22)10-7-8-11-19(23)27-3/h12-13,16H,5-11,14H2,1-4H3,(H,24,25). The number of carbonyl (C=O) groups excluding carboxylic acids is 2. The Hall–Kier alpha value is -2.15. The van der Waals surface area contributed by atoms with Crippen LogP contribution in [0.15, 0.2) is 23.5 Å². The number of carboxylic acid groups (broad SMARTS) is 1. The molecule has 1 aliphatic rings. The van der Waals surface area contributed by atoms with Gasteiger partial charge in [0.05, 0.1) is 20.1 Å². The van der Waals surface area contributed by atoms with Crippen LogP contribution < -0.4 is 0 Å². The van der Waals surface area contributed by atoms with E-state index in [2.05, 4.69) is 4.74 Å². The van der Waals surface area contributed by atoms with E-state index in [0.29, 0.717) is 30.6 Å². The van der Waals surface area contributed by atoms with Crippen molar-refractivity contribution in [2.75, 3.05) is 21.3 Å². The van der Waals surface area contributed by atoms with Crippen LogP contribution >= 0.6 is 0 Å². The third kappa shape index (κ3) is 6.19. The minimum Gasteiger partial charge on any atom is -0.501 e. The predicted octanol–water partition coefficient (Wildman–Crippen LogP) is 3.43. The normalized spacial score (nSPS) is 20.0. The molecule has 0 amide bonds. The summed E-state index contributed by atoms with van der Waals surface area (Å²) in [5.74, 6) is -1.52. The molecule has 7 nitrogen and oxygen atoms in total. The van der Waals surface area contributed by atoms with Gasteiger partial charge in [0, 0.05) is 31.9 Å². The van der Waals surface area contributed by atoms with E-state index in [9.17, 15) is 19.5 Å². The van der Waals surface area contributed by atoms with Crippen molar-refractivity contribution in [3.8, 4) is 0 Å². The van der Waals surface area contributed by atoms with Crippen molar-refractivity contribution < 1.29 is 33.7 Å². The van der Waals surface area contributed by atoms with Crippen LogP contribution in [-0.2, 0) is 28.6 Å². The maximum Gasteiger partial charge on any atom is 0.311 e. The molecule has 7 heteroatoms. The van der Waals surface area contributed by atoms with Crippen molar-refractivity contribution >= 4 is 17.7 Å². The Balaban J connectivity index is 2.90. The fraction of sp³-hybridized carbons (Fsp3) is 0.667. The molecule has 1 aliphatic carbocycles. The van der Waals surface area contributed by atoms with Gasteiger partial charge in [-0.25, -0.2) is 0 Å². The van der Waals surface area contributed by atoms with Gasteiger partial charge in [0.2, 0.25) is 0 Å². The first-order chi connectivity index (χ1) is 13.3. The smallest absolute Gasteiger partial charge is 0.311 e. The SMILES string of the molecule is CCCCC(C(=O)O)C1=C(OC)CC(OC)(C(=O)CCCCC(=O)OC)C=C1. The number of unbranched alkanes of at least 4 members (excludes halogenated alkanes) is 2. The van der Waals surface area contributed by atoms with Gasteiger partial charge >= 0.3 is 11.9 Å². The van der Waals surface area contributed by atoms with Crippen molar-refractivity contribution in [3.05, 3.63) is 23.5 Å². The van der Waals surface area contributed by atoms with Crippen molar-refractivity contribution in [2.45, 2.75) is 63.9 Å². The average molecular weight is 396 g/mol. The number of allylic oxidation sites excluding steroid dienone is 1. The molecule has 2 atom stereocenters. The van der Waals surface area contributed by atoms with Gasteiger partial charge < -0.3 is 19.3 Å². The molecule has 158 valence electrons. The molecule has 1 rings (SSSR count). The summed E-state index contributed by atoms with van der Waals surface area (Å²) in [6, 6.07) is 0. The van der Waals surface area contributed by atoms with Gasteiger partial charge in [-0.2, -0.15) is 0 Å². The highest BCUT2D eigenvalue weighted by atomic mass is 16.5. The lowest BCUT2D eigenvalue weighted by molar-refractivity contribution is -0.142. The third-order valence-electron chi connectivity index (χ3n) is 5.14. The summed E-state index contributed by atoms with van der Waals surface area (Å²) in [4.78, 5) is 35.7. The summed E-state index contributed by atoms with van der Waals surface area (Å²) >= 11 is 0. The zero-order chi connectivity index (χ0) is 21.2. The number of hydrogen-bond donors (Lipinski definition) is 1. The van der Waals surface area contributed by atoms with E-state index in [1.807, 2.05) is 6.92 Å². The molecular weight excluding hydrogens is 364 g/mol. The lowest BCUT2D eigenvalue weighted by Gasteiger charge is -2.33. The van der Waals surface area contributed by atoms with E-state index in [1.165, 1.54) is 21.3 Å². The number of aliphatic carboxylic acids is 1. The number of methoxy groups -OCH3 is 3. The van der Waals surface area contributed by atoms with Gasteiger partial charge in [-0.1, -0.05) is 25.8 Å². The Morgan fingerprint density at radius 2 is 1.82 bits per heavy atom. The first-order valence-corrected chi connectivity index (χ1v) is 9.69. The molecule has 0 fully saturated rings. The van der Waals surface area contributed by atoms with Crippen molar-refractivity contribution in [3.63, 3.8) is 0 Å². The average Bonchev–Trinajstić information content (AvgIpc) is 2.70. The van der Waals surface area contributed by atoms with Crippen LogP contribution in [0.25, 0.3) is 0 Å². The molecule has 0 heterocycles. The summed E-state index contributed by atoms with van der Waals surface area (Å²) < 4.78 is 15.6. The summed E-state index contributed by atoms with van der Waals surface area (Å²) in [6.07, 6.45) is 7.29. The molecule has 2 unspecified atom stereocenters. The molecule has 0 saturated heterocycles. The van der Waals surface area contributed by atoms with Crippen LogP contribution in [0.2, 0.25) is 0 Å². The van der Waals surface area contributed by atoms with Crippen LogP contribution in [-0.4, -0.2) is 49.8 Å². The Labute approximate surface area is 166 Å². The molecule has 0 aliphatic heterocycles. The topological polar surface area (TPSA) is 99.1 Å². The summed E-state index contributed by atoms with van der Waals surface area (Å²) in [5.41, 5.74) is -0.580. The molecule has 0 aromatic rings. The largest absolute Gasteiger partial charge is 0.501 e. The Bertz CT molecular complexity index is 620. The summed E-state index contributed by atoms with van der Waals surface area (Å²) in [7, 11) is 4.27. The minimum atomic E-state index is -1.17. The van der Waals surface area contributed by atoms with Crippen molar-refractivity contribution in [2.24, 2.45) is 5.92 Å². The molecule has 0 spiro atoms. The van der Waals surface area contributed by atoms with Crippen molar-refractivity contribution in [1.29, 1.82) is 0 Å². The Morgan fingerprint density at radius 1 is 1.14 bits per heavy atom. The molecular formula is C21H32O7. The van der Waals surface area contributed by atoms with Crippen LogP contribution in [0, 0.1) is 5.92 Å². The van der Waals surface area contributed by atoms with Gasteiger partial charge in [0.25, 0.3) is 0 Å². The second-order valence-corrected chi connectivity index (χ2v) is 6.93. The minimum absolute atomic E-state index is 0.120. The molecule has 0 aromatic carbocycles. The highest BCUT2D eigenvalue weighted by molar-refractivity contribution is 5.90. The quantitative estimate of drug-likeness (QED) is 0.376. The number of ketones is 1. The summed E-state index contributed by atoms with van der Waals surface area (Å²) in [5, 5.41) is 9.61. The lowest BCUT2D eigenvalue weighted by Crippen LogP contribution is -2.41. The second-order valence-electron chi connectivity index (χ2n) is 6.93. The highest BCUT2D eigenvalue weighted by Crippen LogP contribution is 2.36. The van der Waals surface area contributed by atoms with E-state index in [-0.39, 0.29) is 31.0 Å². The number of carboxylic acids is 1. The maximum absolute atomic E-state index is 12.8. The van der Waals surface area contributed by atoms with Gasteiger partial charge in [-0.05, 0) is 25.3 Å². The third-order valence-corrected chi connectivity index (χ3v) is 5.14. The molecule has 0 saturated carbocycles. The zero-order valence-electron chi connectivity index (χ0n) is 17.3. The second kappa shape index (κ2) is 11.6. The van der Waals surface area contributed by atoms with Crippen LogP contribution in [0.3, 0.4) is 0 Å².